The summed E-state index contributed by atoms with van der Waals surface area (Å²) in [6, 6.07) is 0. The standard InChI is InChI=1S/C3H2N3.C2H2N3.CH4N3.U/c1-4-2-6-3-5-1;1-2-4-5-3-1;2-1(3)4;/h1-2H;1H,(H,3,4,5);(H4-,2,3,4);/q3*-1;+3. The van der Waals surface area contributed by atoms with Gasteiger partial charge in [0.15, 0.2) is 0 Å². The van der Waals surface area contributed by atoms with Crippen LogP contribution in [-0.2, 0) is 0 Å². The van der Waals surface area contributed by atoms with Gasteiger partial charge in [-0.25, -0.2) is 0 Å². The third-order valence-corrected chi connectivity index (χ3v) is 0.659. The van der Waals surface area contributed by atoms with Crippen molar-refractivity contribution >= 4 is 5.96 Å². The van der Waals surface area contributed by atoms with E-state index < -0.39 is 5.96 Å². The fourth-order valence-corrected chi connectivity index (χ4v) is 0.326. The number of guanidine groups is 1. The van der Waals surface area contributed by atoms with Crippen LogP contribution < -0.4 is 5.73 Å². The van der Waals surface area contributed by atoms with E-state index in [0.717, 1.165) is 0 Å². The summed E-state index contributed by atoms with van der Waals surface area (Å²) in [6.45, 7) is 0. The largest absolute Gasteiger partial charge is 3.00 e. The Morgan fingerprint density at radius 1 is 1.38 bits per heavy atom. The van der Waals surface area contributed by atoms with Crippen molar-refractivity contribution in [3.63, 3.8) is 0 Å². The Balaban J connectivity index is 0. The minimum Gasteiger partial charge on any atom is -0.454 e. The molecule has 9 nitrogen and oxygen atoms in total. The molecular weight excluding hydrogens is 436 g/mol. The Bertz CT molecular complexity index is 275. The fraction of sp³-hybridized carbons (Fsp3) is 0. The zero-order chi connectivity index (χ0) is 11.4. The molecule has 0 unspecified atom stereocenters. The number of H-pyrrole nitrogens is 1. The molecule has 10 heteroatoms. The molecule has 0 spiro atoms. The third kappa shape index (κ3) is 18.3. The summed E-state index contributed by atoms with van der Waals surface area (Å²) in [4.78, 5) is 10.4. The monoisotopic (exact) mass is 444 g/mol. The first kappa shape index (κ1) is 16.9. The summed E-state index contributed by atoms with van der Waals surface area (Å²) in [5, 5.41) is 15.0. The minimum absolute atomic E-state index is 0. The molecule has 0 atom stereocenters. The van der Waals surface area contributed by atoms with Crippen molar-refractivity contribution in [1.82, 2.24) is 30.4 Å². The van der Waals surface area contributed by atoms with E-state index in [1.165, 1.54) is 18.9 Å². The Morgan fingerprint density at radius 2 is 1.94 bits per heavy atom. The van der Waals surface area contributed by atoms with Crippen LogP contribution in [0.25, 0.3) is 5.73 Å². The molecule has 0 saturated heterocycles. The summed E-state index contributed by atoms with van der Waals surface area (Å²) in [7, 11) is 0. The van der Waals surface area contributed by atoms with Crippen LogP contribution in [0.1, 0.15) is 0 Å². The molecule has 2 aromatic rings. The number of nitrogens with two attached hydrogens (primary N) is 1. The molecule has 2 rings (SSSR count). The molecule has 0 aliphatic rings. The van der Waals surface area contributed by atoms with Gasteiger partial charge in [-0.3, -0.25) is 0 Å². The van der Waals surface area contributed by atoms with Gasteiger partial charge in [0.1, 0.15) is 0 Å². The van der Waals surface area contributed by atoms with Crippen LogP contribution in [0, 0.1) is 49.0 Å². The van der Waals surface area contributed by atoms with E-state index in [0.29, 0.717) is 0 Å². The van der Waals surface area contributed by atoms with E-state index in [9.17, 15) is 0 Å². The van der Waals surface area contributed by atoms with Crippen molar-refractivity contribution in [2.45, 2.75) is 0 Å². The number of rotatable bonds is 0. The van der Waals surface area contributed by atoms with Crippen LogP contribution in [-0.4, -0.2) is 36.3 Å². The van der Waals surface area contributed by atoms with E-state index in [1.54, 1.807) is 0 Å². The second-order valence-corrected chi connectivity index (χ2v) is 1.75. The zero-order valence-corrected chi connectivity index (χ0v) is 12.2. The first-order chi connectivity index (χ1) is 7.23. The second kappa shape index (κ2) is 13.5. The van der Waals surface area contributed by atoms with Gasteiger partial charge in [0.25, 0.3) is 0 Å². The van der Waals surface area contributed by atoms with Crippen molar-refractivity contribution < 1.29 is 31.1 Å². The average molecular weight is 444 g/mol. The summed E-state index contributed by atoms with van der Waals surface area (Å²) >= 11 is 0. The summed E-state index contributed by atoms with van der Waals surface area (Å²) < 4.78 is 0. The van der Waals surface area contributed by atoms with Crippen LogP contribution >= 0.6 is 0 Å². The molecule has 2 heterocycles. The smallest absolute Gasteiger partial charge is 0.454 e. The molecular formula is C6H8N9U. The maximum Gasteiger partial charge on any atom is 3.00 e. The average Bonchev–Trinajstić information content (AvgIpc) is 2.77. The van der Waals surface area contributed by atoms with E-state index in [2.05, 4.69) is 48.6 Å². The van der Waals surface area contributed by atoms with Crippen LogP contribution in [0.3, 0.4) is 0 Å². The molecule has 0 aliphatic carbocycles. The maximum absolute atomic E-state index is 5.94. The van der Waals surface area contributed by atoms with Crippen LogP contribution in [0.2, 0.25) is 0 Å². The van der Waals surface area contributed by atoms with Crippen molar-refractivity contribution in [3.05, 3.63) is 37.1 Å². The van der Waals surface area contributed by atoms with Gasteiger partial charge in [-0.05, 0) is 5.96 Å². The fourth-order valence-electron chi connectivity index (χ4n) is 0.326. The second-order valence-electron chi connectivity index (χ2n) is 1.75. The van der Waals surface area contributed by atoms with Crippen molar-refractivity contribution in [2.75, 3.05) is 0 Å². The molecule has 0 aliphatic heterocycles. The number of hydrogen-bond acceptors (Lipinski definition) is 6. The molecule has 1 radical (unpaired) electrons. The Kier molecular flexibility index (Phi) is 14.2. The third-order valence-electron chi connectivity index (χ3n) is 0.659. The molecule has 0 aromatic carbocycles. The van der Waals surface area contributed by atoms with Gasteiger partial charge in [0.2, 0.25) is 0 Å². The van der Waals surface area contributed by atoms with Crippen molar-refractivity contribution in [1.29, 1.82) is 5.41 Å². The molecule has 5 N–H and O–H groups in total. The molecule has 0 saturated carbocycles. The number of nitrogens with one attached hydrogen (secondary N) is 3. The SMILES string of the molecule is N=C([NH-])N.[U+3].[c-]1c[nH]nn1.[c-]1ncncn1. The molecule has 0 bridgehead atoms. The van der Waals surface area contributed by atoms with E-state index in [-0.39, 0.29) is 31.1 Å². The van der Waals surface area contributed by atoms with Gasteiger partial charge in [-0.1, -0.05) is 0 Å². The minimum atomic E-state index is -0.583. The van der Waals surface area contributed by atoms with Gasteiger partial charge >= 0.3 is 31.1 Å². The Hall–Kier alpha value is -1.53. The van der Waals surface area contributed by atoms with E-state index >= 15 is 0 Å². The number of hydrogen-bond donors (Lipinski definition) is 3. The first-order valence-electron chi connectivity index (χ1n) is 3.49. The van der Waals surface area contributed by atoms with Gasteiger partial charge in [0, 0.05) is 19.0 Å². The Morgan fingerprint density at radius 3 is 2.06 bits per heavy atom. The predicted octanol–water partition coefficient (Wildman–Crippen LogP) is -0.791. The molecule has 0 amide bonds. The van der Waals surface area contributed by atoms with Gasteiger partial charge < -0.3 is 48.2 Å². The summed E-state index contributed by atoms with van der Waals surface area (Å²) in [5.41, 5.74) is 10.3. The quantitative estimate of drug-likeness (QED) is 0.275. The number of aromatic nitrogens is 6. The van der Waals surface area contributed by atoms with Crippen molar-refractivity contribution in [3.8, 4) is 0 Å². The van der Waals surface area contributed by atoms with Crippen LogP contribution in [0.5, 0.6) is 0 Å². The zero-order valence-electron chi connectivity index (χ0n) is 8.05. The van der Waals surface area contributed by atoms with E-state index in [1.807, 2.05) is 0 Å². The summed E-state index contributed by atoms with van der Waals surface area (Å²) in [6.07, 6.45) is 9.07. The van der Waals surface area contributed by atoms with Gasteiger partial charge in [-0.2, -0.15) is 0 Å². The molecule has 16 heavy (non-hydrogen) atoms. The Labute approximate surface area is 115 Å². The van der Waals surface area contributed by atoms with Gasteiger partial charge in [0.05, 0.1) is 0 Å². The van der Waals surface area contributed by atoms with Crippen LogP contribution in [0.4, 0.5) is 0 Å². The maximum atomic E-state index is 5.94. The topological polar surface area (TPSA) is 154 Å². The van der Waals surface area contributed by atoms with Crippen LogP contribution in [0.15, 0.2) is 18.9 Å². The van der Waals surface area contributed by atoms with Crippen molar-refractivity contribution in [2.24, 2.45) is 5.73 Å². The number of nitrogens with zero attached hydrogens (tertiary/aromatic N) is 5. The molecule has 0 fully saturated rings. The number of aromatic amines is 1. The predicted molar refractivity (Wildman–Crippen MR) is 50.1 cm³/mol. The normalized spacial score (nSPS) is 7.00. The van der Waals surface area contributed by atoms with E-state index in [4.69, 9.17) is 11.1 Å². The molecule has 2 aromatic heterocycles. The van der Waals surface area contributed by atoms with Gasteiger partial charge in [-0.15, -0.1) is 11.4 Å². The first-order valence-corrected chi connectivity index (χ1v) is 3.49. The molecule has 81 valence electrons. The summed E-state index contributed by atoms with van der Waals surface area (Å²) in [5.74, 6) is -0.583.